The average molecular weight is 317 g/mol. The number of fused-ring (bicyclic) bond motifs is 2. The van der Waals surface area contributed by atoms with Crippen LogP contribution < -0.4 is 10.6 Å². The molecule has 3 unspecified atom stereocenters. The Bertz CT molecular complexity index is 717. The smallest absolute Gasteiger partial charge is 0.280 e. The summed E-state index contributed by atoms with van der Waals surface area (Å²) in [5.41, 5.74) is 0.487. The van der Waals surface area contributed by atoms with Crippen molar-refractivity contribution in [3.8, 4) is 10.4 Å². The van der Waals surface area contributed by atoms with E-state index in [0.717, 1.165) is 19.4 Å². The van der Waals surface area contributed by atoms with Crippen molar-refractivity contribution in [2.45, 2.75) is 24.9 Å². The lowest BCUT2D eigenvalue weighted by atomic mass is 10.1. The molecular weight excluding hydrogens is 301 g/mol. The molecule has 1 saturated heterocycles. The van der Waals surface area contributed by atoms with E-state index in [1.54, 1.807) is 24.4 Å². The fourth-order valence-corrected chi connectivity index (χ4v) is 4.25. The van der Waals surface area contributed by atoms with E-state index in [0.29, 0.717) is 27.4 Å². The van der Waals surface area contributed by atoms with Crippen molar-refractivity contribution >= 4 is 17.2 Å². The maximum atomic E-state index is 13.8. The van der Waals surface area contributed by atoms with Gasteiger partial charge in [-0.2, -0.15) is 0 Å². The van der Waals surface area contributed by atoms with Crippen LogP contribution in [0.2, 0.25) is 0 Å². The molecule has 6 heteroatoms. The Kier molecular flexibility index (Phi) is 3.43. The zero-order valence-corrected chi connectivity index (χ0v) is 12.7. The predicted molar refractivity (Wildman–Crippen MR) is 83.3 cm³/mol. The molecule has 114 valence electrons. The third-order valence-electron chi connectivity index (χ3n) is 4.48. The lowest BCUT2D eigenvalue weighted by molar-refractivity contribution is 0.0928. The van der Waals surface area contributed by atoms with Gasteiger partial charge in [0, 0.05) is 23.8 Å². The molecule has 0 spiro atoms. The number of hydrogen-bond acceptors (Lipinski definition) is 4. The predicted octanol–water partition coefficient (Wildman–Crippen LogP) is 2.43. The quantitative estimate of drug-likeness (QED) is 0.914. The van der Waals surface area contributed by atoms with Crippen LogP contribution in [0.1, 0.15) is 22.6 Å². The van der Waals surface area contributed by atoms with Crippen molar-refractivity contribution in [1.29, 1.82) is 0 Å². The summed E-state index contributed by atoms with van der Waals surface area (Å²) in [6.07, 6.45) is 3.75. The highest BCUT2D eigenvalue weighted by molar-refractivity contribution is 7.17. The normalized spacial score (nSPS) is 26.3. The summed E-state index contributed by atoms with van der Waals surface area (Å²) in [4.78, 5) is 17.2. The Labute approximate surface area is 131 Å². The van der Waals surface area contributed by atoms with Crippen molar-refractivity contribution in [2.75, 3.05) is 6.54 Å². The monoisotopic (exact) mass is 317 g/mol. The number of rotatable bonds is 3. The highest BCUT2D eigenvalue weighted by atomic mass is 32.1. The highest BCUT2D eigenvalue weighted by Gasteiger charge is 2.40. The first-order valence-electron chi connectivity index (χ1n) is 7.45. The van der Waals surface area contributed by atoms with Gasteiger partial charge in [0.15, 0.2) is 5.01 Å². The zero-order chi connectivity index (χ0) is 15.1. The number of nitrogens with zero attached hydrogens (tertiary/aromatic N) is 1. The number of thiazole rings is 1. The van der Waals surface area contributed by atoms with Crippen LogP contribution in [0.3, 0.4) is 0 Å². The average Bonchev–Trinajstić information content (AvgIpc) is 3.24. The van der Waals surface area contributed by atoms with E-state index in [9.17, 15) is 9.18 Å². The van der Waals surface area contributed by atoms with Crippen LogP contribution in [0.25, 0.3) is 10.4 Å². The summed E-state index contributed by atoms with van der Waals surface area (Å²) in [5.74, 6) is 0.225. The van der Waals surface area contributed by atoms with Gasteiger partial charge in [-0.25, -0.2) is 9.37 Å². The molecule has 4 nitrogen and oxygen atoms in total. The number of aromatic nitrogens is 1. The van der Waals surface area contributed by atoms with E-state index in [-0.39, 0.29) is 17.8 Å². The van der Waals surface area contributed by atoms with Crippen molar-refractivity contribution in [3.05, 3.63) is 41.3 Å². The summed E-state index contributed by atoms with van der Waals surface area (Å²) in [6, 6.07) is 7.11. The van der Waals surface area contributed by atoms with Crippen LogP contribution in [-0.4, -0.2) is 29.5 Å². The Morgan fingerprint density at radius 3 is 2.95 bits per heavy atom. The fraction of sp³-hybridized carbons (Fsp3) is 0.375. The van der Waals surface area contributed by atoms with Crippen LogP contribution in [0, 0.1) is 11.7 Å². The molecule has 1 saturated carbocycles. The summed E-state index contributed by atoms with van der Waals surface area (Å²) >= 11 is 1.23. The number of carbonyl (C=O) groups excluding carboxylic acids is 1. The summed E-state index contributed by atoms with van der Waals surface area (Å²) < 4.78 is 13.8. The number of benzene rings is 1. The molecule has 1 aliphatic heterocycles. The minimum Gasteiger partial charge on any atom is -0.346 e. The molecule has 3 atom stereocenters. The number of amides is 1. The van der Waals surface area contributed by atoms with Crippen LogP contribution >= 0.6 is 11.3 Å². The Hall–Kier alpha value is -1.79. The number of nitrogens with one attached hydrogen (secondary N) is 2. The van der Waals surface area contributed by atoms with Gasteiger partial charge in [-0.3, -0.25) is 4.79 Å². The first-order chi connectivity index (χ1) is 10.7. The summed E-state index contributed by atoms with van der Waals surface area (Å²) in [7, 11) is 0. The lowest BCUT2D eigenvalue weighted by Crippen LogP contribution is -2.47. The van der Waals surface area contributed by atoms with Gasteiger partial charge < -0.3 is 10.6 Å². The van der Waals surface area contributed by atoms with Gasteiger partial charge >= 0.3 is 0 Å². The van der Waals surface area contributed by atoms with Gasteiger partial charge in [-0.1, -0.05) is 18.2 Å². The van der Waals surface area contributed by atoms with Crippen molar-refractivity contribution in [1.82, 2.24) is 15.6 Å². The number of halogens is 1. The van der Waals surface area contributed by atoms with E-state index >= 15 is 0 Å². The van der Waals surface area contributed by atoms with E-state index in [1.807, 2.05) is 0 Å². The first kappa shape index (κ1) is 13.8. The highest BCUT2D eigenvalue weighted by Crippen LogP contribution is 2.32. The second-order valence-corrected chi connectivity index (χ2v) is 6.97. The number of hydrogen-bond donors (Lipinski definition) is 2. The van der Waals surface area contributed by atoms with Crippen molar-refractivity contribution in [2.24, 2.45) is 5.92 Å². The van der Waals surface area contributed by atoms with Crippen molar-refractivity contribution in [3.63, 3.8) is 0 Å². The molecule has 2 N–H and O–H groups in total. The largest absolute Gasteiger partial charge is 0.346 e. The standard InChI is InChI=1S/C16H16FN3OS/c17-11-4-2-1-3-10(11)14-8-19-16(22-14)15(21)20-13-6-9-5-12(13)18-7-9/h1-4,8-9,12-13,18H,5-7H2,(H,20,21). The number of piperidine rings is 1. The Morgan fingerprint density at radius 1 is 1.36 bits per heavy atom. The molecule has 1 aromatic carbocycles. The van der Waals surface area contributed by atoms with E-state index in [2.05, 4.69) is 15.6 Å². The molecule has 2 fully saturated rings. The summed E-state index contributed by atoms with van der Waals surface area (Å²) in [5, 5.41) is 6.87. The SMILES string of the molecule is O=C(NC1CC2CNC1C2)c1ncc(-c2ccccc2F)s1. The first-order valence-corrected chi connectivity index (χ1v) is 8.27. The van der Waals surface area contributed by atoms with Gasteiger partial charge in [-0.15, -0.1) is 11.3 Å². The topological polar surface area (TPSA) is 54.0 Å². The Morgan fingerprint density at radius 2 is 2.23 bits per heavy atom. The number of carbonyl (C=O) groups is 1. The molecule has 2 bridgehead atoms. The fourth-order valence-electron chi connectivity index (χ4n) is 3.41. The van der Waals surface area contributed by atoms with E-state index in [1.165, 1.54) is 17.4 Å². The molecule has 4 rings (SSSR count). The molecule has 22 heavy (non-hydrogen) atoms. The zero-order valence-electron chi connectivity index (χ0n) is 11.9. The van der Waals surface area contributed by atoms with Gasteiger partial charge in [-0.05, 0) is 31.4 Å². The maximum Gasteiger partial charge on any atom is 0.280 e. The molecule has 2 aromatic rings. The van der Waals surface area contributed by atoms with Gasteiger partial charge in [0.2, 0.25) is 0 Å². The molecule has 1 amide bonds. The molecule has 1 aromatic heterocycles. The molecule has 1 aliphatic carbocycles. The van der Waals surface area contributed by atoms with Gasteiger partial charge in [0.1, 0.15) is 5.82 Å². The second-order valence-electron chi connectivity index (χ2n) is 5.94. The van der Waals surface area contributed by atoms with E-state index < -0.39 is 0 Å². The minimum atomic E-state index is -0.296. The molecule has 2 aliphatic rings. The van der Waals surface area contributed by atoms with Crippen LogP contribution in [-0.2, 0) is 0 Å². The minimum absolute atomic E-state index is 0.160. The van der Waals surface area contributed by atoms with Crippen LogP contribution in [0.4, 0.5) is 4.39 Å². The molecular formula is C16H16FN3OS. The van der Waals surface area contributed by atoms with Gasteiger partial charge in [0.25, 0.3) is 5.91 Å². The molecule has 2 heterocycles. The van der Waals surface area contributed by atoms with Crippen LogP contribution in [0.5, 0.6) is 0 Å². The summed E-state index contributed by atoms with van der Waals surface area (Å²) in [6.45, 7) is 1.06. The third kappa shape index (κ3) is 2.42. The van der Waals surface area contributed by atoms with Crippen LogP contribution in [0.15, 0.2) is 30.5 Å². The maximum absolute atomic E-state index is 13.8. The van der Waals surface area contributed by atoms with E-state index in [4.69, 9.17) is 0 Å². The molecule has 0 radical (unpaired) electrons. The van der Waals surface area contributed by atoms with Gasteiger partial charge in [0.05, 0.1) is 4.88 Å². The lowest BCUT2D eigenvalue weighted by Gasteiger charge is -2.23. The third-order valence-corrected chi connectivity index (χ3v) is 5.51. The Balaban J connectivity index is 1.49. The second kappa shape index (κ2) is 5.44. The van der Waals surface area contributed by atoms with Crippen molar-refractivity contribution < 1.29 is 9.18 Å².